The number of hydrogen-bond donors (Lipinski definition) is 1. The van der Waals surface area contributed by atoms with E-state index in [0.717, 1.165) is 11.8 Å². The highest BCUT2D eigenvalue weighted by atomic mass is 16.6. The molecular weight excluding hydrogens is 310 g/mol. The van der Waals surface area contributed by atoms with Crippen molar-refractivity contribution in [2.75, 3.05) is 0 Å². The highest BCUT2D eigenvalue weighted by Gasteiger charge is 2.21. The van der Waals surface area contributed by atoms with Crippen molar-refractivity contribution in [2.24, 2.45) is 0 Å². The first-order chi connectivity index (χ1) is 11.5. The summed E-state index contributed by atoms with van der Waals surface area (Å²) in [5.74, 6) is -0.623. The summed E-state index contributed by atoms with van der Waals surface area (Å²) < 4.78 is 1.68. The number of carboxylic acid groups (broad SMARTS) is 1. The lowest BCUT2D eigenvalue weighted by molar-refractivity contribution is -0.385. The minimum absolute atomic E-state index is 0.122. The molecule has 1 aromatic carbocycles. The van der Waals surface area contributed by atoms with Gasteiger partial charge in [0.15, 0.2) is 0 Å². The summed E-state index contributed by atoms with van der Waals surface area (Å²) in [4.78, 5) is 26.0. The first-order valence-electron chi connectivity index (χ1n) is 7.11. The molecule has 24 heavy (non-hydrogen) atoms. The van der Waals surface area contributed by atoms with E-state index in [1.165, 1.54) is 12.1 Å². The Labute approximate surface area is 137 Å². The van der Waals surface area contributed by atoms with Crippen LogP contribution in [0.25, 0.3) is 17.1 Å². The molecule has 0 radical (unpaired) electrons. The molecule has 0 saturated carbocycles. The molecule has 3 aromatic rings. The number of aromatic nitrogens is 2. The second kappa shape index (κ2) is 5.96. The zero-order chi connectivity index (χ0) is 17.3. The first-order valence-corrected chi connectivity index (χ1v) is 7.11. The van der Waals surface area contributed by atoms with Crippen molar-refractivity contribution in [3.05, 3.63) is 76.1 Å². The second-order valence-electron chi connectivity index (χ2n) is 5.19. The van der Waals surface area contributed by atoms with Crippen molar-refractivity contribution in [1.29, 1.82) is 0 Å². The lowest BCUT2D eigenvalue weighted by Gasteiger charge is -2.11. The van der Waals surface area contributed by atoms with Crippen molar-refractivity contribution >= 4 is 11.7 Å². The number of aromatic carboxylic acids is 1. The first kappa shape index (κ1) is 15.4. The van der Waals surface area contributed by atoms with Crippen LogP contribution in [0.4, 0.5) is 5.69 Å². The predicted octanol–water partition coefficient (Wildman–Crippen LogP) is 3.45. The molecular formula is C17H13N3O4. The zero-order valence-electron chi connectivity index (χ0n) is 12.7. The summed E-state index contributed by atoms with van der Waals surface area (Å²) in [6.45, 7) is 1.77. The quantitative estimate of drug-likeness (QED) is 0.585. The third kappa shape index (κ3) is 2.63. The number of benzene rings is 1. The highest BCUT2D eigenvalue weighted by molar-refractivity contribution is 5.96. The molecule has 0 atom stereocenters. The van der Waals surface area contributed by atoms with Gasteiger partial charge in [-0.15, -0.1) is 0 Å². The largest absolute Gasteiger partial charge is 0.478 e. The molecule has 120 valence electrons. The van der Waals surface area contributed by atoms with Crippen LogP contribution in [0.3, 0.4) is 0 Å². The number of nitrogens with zero attached hydrogens (tertiary/aromatic N) is 3. The van der Waals surface area contributed by atoms with E-state index in [2.05, 4.69) is 4.98 Å². The van der Waals surface area contributed by atoms with Gasteiger partial charge in [0.1, 0.15) is 12.0 Å². The smallest absolute Gasteiger partial charge is 0.337 e. The van der Waals surface area contributed by atoms with Crippen LogP contribution >= 0.6 is 0 Å². The van der Waals surface area contributed by atoms with Crippen LogP contribution in [0, 0.1) is 17.0 Å². The average Bonchev–Trinajstić information content (AvgIpc) is 2.93. The van der Waals surface area contributed by atoms with Crippen LogP contribution in [-0.2, 0) is 0 Å². The Hall–Kier alpha value is -3.48. The van der Waals surface area contributed by atoms with Crippen LogP contribution in [0.15, 0.2) is 54.7 Å². The molecule has 0 aliphatic rings. The van der Waals surface area contributed by atoms with E-state index in [9.17, 15) is 20.0 Å². The number of nitro groups is 1. The maximum Gasteiger partial charge on any atom is 0.337 e. The van der Waals surface area contributed by atoms with E-state index in [0.29, 0.717) is 17.2 Å². The molecule has 0 saturated heterocycles. The van der Waals surface area contributed by atoms with Crippen LogP contribution in [-0.4, -0.2) is 25.6 Å². The molecule has 2 heterocycles. The topological polar surface area (TPSA) is 98.3 Å². The molecule has 7 heteroatoms. The minimum atomic E-state index is -1.04. The van der Waals surface area contributed by atoms with Crippen molar-refractivity contribution in [2.45, 2.75) is 6.92 Å². The van der Waals surface area contributed by atoms with Gasteiger partial charge >= 0.3 is 5.97 Å². The third-order valence-corrected chi connectivity index (χ3v) is 3.63. The number of carbonyl (C=O) groups is 1. The van der Waals surface area contributed by atoms with Gasteiger partial charge in [0.25, 0.3) is 5.69 Å². The molecule has 1 N–H and O–H groups in total. The normalized spacial score (nSPS) is 10.5. The Morgan fingerprint density at radius 3 is 2.46 bits per heavy atom. The van der Waals surface area contributed by atoms with E-state index in [1.54, 1.807) is 17.6 Å². The van der Waals surface area contributed by atoms with Crippen molar-refractivity contribution < 1.29 is 14.8 Å². The number of rotatable bonds is 4. The SMILES string of the molecule is Cc1cc(C(=O)O)c(-c2ccccc2)n1-c1ccc([N+](=O)[O-])cn1. The molecule has 2 aromatic heterocycles. The third-order valence-electron chi connectivity index (χ3n) is 3.63. The van der Waals surface area contributed by atoms with Gasteiger partial charge in [-0.1, -0.05) is 30.3 Å². The van der Waals surface area contributed by atoms with E-state index in [1.807, 2.05) is 30.3 Å². The van der Waals surface area contributed by atoms with Gasteiger partial charge in [-0.25, -0.2) is 9.78 Å². The maximum absolute atomic E-state index is 11.6. The molecule has 0 bridgehead atoms. The van der Waals surface area contributed by atoms with Crippen LogP contribution in [0.5, 0.6) is 0 Å². The highest BCUT2D eigenvalue weighted by Crippen LogP contribution is 2.30. The average molecular weight is 323 g/mol. The molecule has 0 fully saturated rings. The maximum atomic E-state index is 11.6. The minimum Gasteiger partial charge on any atom is -0.478 e. The fourth-order valence-electron chi connectivity index (χ4n) is 2.60. The standard InChI is InChI=1S/C17H13N3O4/c1-11-9-14(17(21)22)16(12-5-3-2-4-6-12)19(11)15-8-7-13(10-18-15)20(23)24/h2-10H,1H3,(H,21,22). The van der Waals surface area contributed by atoms with Crippen LogP contribution in [0.2, 0.25) is 0 Å². The monoisotopic (exact) mass is 323 g/mol. The molecule has 0 aliphatic heterocycles. The van der Waals surface area contributed by atoms with Crippen LogP contribution < -0.4 is 0 Å². The predicted molar refractivity (Wildman–Crippen MR) is 87.4 cm³/mol. The summed E-state index contributed by atoms with van der Waals surface area (Å²) in [5.41, 5.74) is 1.92. The zero-order valence-corrected chi connectivity index (χ0v) is 12.7. The van der Waals surface area contributed by atoms with Gasteiger partial charge < -0.3 is 5.11 Å². The van der Waals surface area contributed by atoms with Gasteiger partial charge in [0.05, 0.1) is 16.2 Å². The molecule has 0 spiro atoms. The molecule has 3 rings (SSSR count). The Morgan fingerprint density at radius 2 is 1.92 bits per heavy atom. The van der Waals surface area contributed by atoms with E-state index < -0.39 is 10.9 Å². The number of aryl methyl sites for hydroxylation is 1. The summed E-state index contributed by atoms with van der Waals surface area (Å²) in [6, 6.07) is 13.5. The summed E-state index contributed by atoms with van der Waals surface area (Å²) in [5, 5.41) is 20.3. The fourth-order valence-corrected chi connectivity index (χ4v) is 2.60. The lowest BCUT2D eigenvalue weighted by Crippen LogP contribution is -2.04. The Kier molecular flexibility index (Phi) is 3.83. The Morgan fingerprint density at radius 1 is 1.21 bits per heavy atom. The summed E-state index contributed by atoms with van der Waals surface area (Å²) >= 11 is 0. The molecule has 0 unspecified atom stereocenters. The number of pyridine rings is 1. The van der Waals surface area contributed by atoms with Crippen LogP contribution in [0.1, 0.15) is 16.1 Å². The molecule has 0 amide bonds. The van der Waals surface area contributed by atoms with Gasteiger partial charge in [-0.3, -0.25) is 14.7 Å². The molecule has 7 nitrogen and oxygen atoms in total. The number of carboxylic acids is 1. The Balaban J connectivity index is 2.24. The van der Waals surface area contributed by atoms with Crippen molar-refractivity contribution in [3.8, 4) is 17.1 Å². The van der Waals surface area contributed by atoms with Gasteiger partial charge in [0, 0.05) is 11.8 Å². The van der Waals surface area contributed by atoms with Gasteiger partial charge in [-0.2, -0.15) is 0 Å². The Bertz CT molecular complexity index is 915. The summed E-state index contributed by atoms with van der Waals surface area (Å²) in [6.07, 6.45) is 1.16. The van der Waals surface area contributed by atoms with E-state index in [4.69, 9.17) is 0 Å². The fraction of sp³-hybridized carbons (Fsp3) is 0.0588. The van der Waals surface area contributed by atoms with E-state index >= 15 is 0 Å². The van der Waals surface area contributed by atoms with Crippen molar-refractivity contribution in [3.63, 3.8) is 0 Å². The van der Waals surface area contributed by atoms with Crippen molar-refractivity contribution in [1.82, 2.24) is 9.55 Å². The van der Waals surface area contributed by atoms with Gasteiger partial charge in [0.2, 0.25) is 0 Å². The van der Waals surface area contributed by atoms with E-state index in [-0.39, 0.29) is 11.3 Å². The second-order valence-corrected chi connectivity index (χ2v) is 5.19. The summed E-state index contributed by atoms with van der Waals surface area (Å²) in [7, 11) is 0. The lowest BCUT2D eigenvalue weighted by atomic mass is 10.1. The molecule has 0 aliphatic carbocycles. The van der Waals surface area contributed by atoms with Gasteiger partial charge in [-0.05, 0) is 24.6 Å². The number of hydrogen-bond acceptors (Lipinski definition) is 4.